The SMILES string of the molecule is CC(NC(=O)C1CCCC1CN)C(=O)NC(C)(C)C. The van der Waals surface area contributed by atoms with Gasteiger partial charge in [0.05, 0.1) is 0 Å². The normalized spacial score (nSPS) is 24.9. The van der Waals surface area contributed by atoms with Crippen LogP contribution in [0.15, 0.2) is 0 Å². The predicted molar refractivity (Wildman–Crippen MR) is 75.4 cm³/mol. The maximum atomic E-state index is 12.1. The van der Waals surface area contributed by atoms with Crippen LogP contribution in [0.3, 0.4) is 0 Å². The average Bonchev–Trinajstić information content (AvgIpc) is 2.74. The van der Waals surface area contributed by atoms with E-state index in [1.165, 1.54) is 0 Å². The van der Waals surface area contributed by atoms with Crippen molar-refractivity contribution in [3.05, 3.63) is 0 Å². The molecule has 5 heteroatoms. The summed E-state index contributed by atoms with van der Waals surface area (Å²) in [6.45, 7) is 8.01. The molecule has 0 heterocycles. The summed E-state index contributed by atoms with van der Waals surface area (Å²) in [7, 11) is 0. The molecule has 0 aromatic rings. The molecule has 3 unspecified atom stereocenters. The van der Waals surface area contributed by atoms with Crippen LogP contribution in [0, 0.1) is 11.8 Å². The predicted octanol–water partition coefficient (Wildman–Crippen LogP) is 0.781. The summed E-state index contributed by atoms with van der Waals surface area (Å²) in [6.07, 6.45) is 2.93. The van der Waals surface area contributed by atoms with Gasteiger partial charge >= 0.3 is 0 Å². The zero-order valence-corrected chi connectivity index (χ0v) is 12.5. The standard InChI is InChI=1S/C14H27N3O2/c1-9(12(18)17-14(2,3)4)16-13(19)11-7-5-6-10(11)8-15/h9-11H,5-8,15H2,1-4H3,(H,16,19)(H,17,18). The first-order chi connectivity index (χ1) is 8.74. The van der Waals surface area contributed by atoms with Crippen LogP contribution in [-0.2, 0) is 9.59 Å². The highest BCUT2D eigenvalue weighted by Gasteiger charge is 2.33. The highest BCUT2D eigenvalue weighted by molar-refractivity contribution is 5.88. The molecule has 2 amide bonds. The van der Waals surface area contributed by atoms with E-state index in [0.717, 1.165) is 19.3 Å². The van der Waals surface area contributed by atoms with Gasteiger partial charge in [-0.3, -0.25) is 9.59 Å². The quantitative estimate of drug-likeness (QED) is 0.705. The van der Waals surface area contributed by atoms with Gasteiger partial charge < -0.3 is 16.4 Å². The summed E-state index contributed by atoms with van der Waals surface area (Å²) in [4.78, 5) is 24.1. The van der Waals surface area contributed by atoms with Crippen molar-refractivity contribution >= 4 is 11.8 Å². The second kappa shape index (κ2) is 6.37. The lowest BCUT2D eigenvalue weighted by Crippen LogP contribution is -2.52. The first-order valence-corrected chi connectivity index (χ1v) is 7.07. The first kappa shape index (κ1) is 16.0. The summed E-state index contributed by atoms with van der Waals surface area (Å²) in [5.74, 6) is 0.0421. The van der Waals surface area contributed by atoms with Crippen LogP contribution in [0.2, 0.25) is 0 Å². The molecule has 1 aliphatic rings. The lowest BCUT2D eigenvalue weighted by Gasteiger charge is -2.25. The fourth-order valence-corrected chi connectivity index (χ4v) is 2.53. The van der Waals surface area contributed by atoms with Crippen molar-refractivity contribution in [3.63, 3.8) is 0 Å². The fourth-order valence-electron chi connectivity index (χ4n) is 2.53. The topological polar surface area (TPSA) is 84.2 Å². The second-order valence-electron chi connectivity index (χ2n) is 6.50. The number of rotatable bonds is 4. The summed E-state index contributed by atoms with van der Waals surface area (Å²) < 4.78 is 0. The van der Waals surface area contributed by atoms with Gasteiger partial charge in [-0.05, 0) is 53.0 Å². The molecule has 110 valence electrons. The Hall–Kier alpha value is -1.10. The smallest absolute Gasteiger partial charge is 0.242 e. The number of hydrogen-bond acceptors (Lipinski definition) is 3. The summed E-state index contributed by atoms with van der Waals surface area (Å²) in [6, 6.07) is -0.509. The number of amides is 2. The van der Waals surface area contributed by atoms with Gasteiger partial charge in [0.25, 0.3) is 0 Å². The zero-order valence-electron chi connectivity index (χ0n) is 12.5. The summed E-state index contributed by atoms with van der Waals surface area (Å²) in [5, 5.41) is 5.66. The molecule has 1 rings (SSSR count). The molecule has 0 saturated heterocycles. The highest BCUT2D eigenvalue weighted by atomic mass is 16.2. The van der Waals surface area contributed by atoms with E-state index < -0.39 is 6.04 Å². The number of nitrogens with two attached hydrogens (primary N) is 1. The Labute approximate surface area is 115 Å². The van der Waals surface area contributed by atoms with Gasteiger partial charge in [-0.15, -0.1) is 0 Å². The zero-order chi connectivity index (χ0) is 14.6. The number of carbonyl (C=O) groups excluding carboxylic acids is 2. The first-order valence-electron chi connectivity index (χ1n) is 7.07. The Bertz CT molecular complexity index is 336. The van der Waals surface area contributed by atoms with E-state index in [9.17, 15) is 9.59 Å². The Morgan fingerprint density at radius 2 is 1.95 bits per heavy atom. The Kier molecular flexibility index (Phi) is 5.35. The van der Waals surface area contributed by atoms with Crippen molar-refractivity contribution in [2.75, 3.05) is 6.54 Å². The van der Waals surface area contributed by atoms with Crippen molar-refractivity contribution in [3.8, 4) is 0 Å². The van der Waals surface area contributed by atoms with Crippen molar-refractivity contribution in [1.29, 1.82) is 0 Å². The Morgan fingerprint density at radius 1 is 1.32 bits per heavy atom. The molecular weight excluding hydrogens is 242 g/mol. The van der Waals surface area contributed by atoms with Crippen LogP contribution in [0.5, 0.6) is 0 Å². The van der Waals surface area contributed by atoms with Crippen LogP contribution in [0.4, 0.5) is 0 Å². The van der Waals surface area contributed by atoms with Gasteiger partial charge in [0, 0.05) is 11.5 Å². The minimum atomic E-state index is -0.509. The van der Waals surface area contributed by atoms with Crippen LogP contribution < -0.4 is 16.4 Å². The molecular formula is C14H27N3O2. The van der Waals surface area contributed by atoms with Crippen molar-refractivity contribution in [1.82, 2.24) is 10.6 Å². The summed E-state index contributed by atoms with van der Waals surface area (Å²) >= 11 is 0. The van der Waals surface area contributed by atoms with Gasteiger partial charge in [0.1, 0.15) is 6.04 Å². The van der Waals surface area contributed by atoms with Gasteiger partial charge in [-0.1, -0.05) is 6.42 Å². The van der Waals surface area contributed by atoms with Crippen molar-refractivity contribution in [2.24, 2.45) is 17.6 Å². The van der Waals surface area contributed by atoms with E-state index in [-0.39, 0.29) is 29.2 Å². The van der Waals surface area contributed by atoms with Gasteiger partial charge in [-0.25, -0.2) is 0 Å². The monoisotopic (exact) mass is 269 g/mol. The van der Waals surface area contributed by atoms with Crippen LogP contribution in [0.25, 0.3) is 0 Å². The minimum absolute atomic E-state index is 0.0325. The molecule has 3 atom stereocenters. The molecule has 1 aliphatic carbocycles. The molecule has 19 heavy (non-hydrogen) atoms. The molecule has 0 aromatic carbocycles. The summed E-state index contributed by atoms with van der Waals surface area (Å²) in [5.41, 5.74) is 5.39. The van der Waals surface area contributed by atoms with Crippen LogP contribution in [-0.4, -0.2) is 29.9 Å². The molecule has 4 N–H and O–H groups in total. The second-order valence-corrected chi connectivity index (χ2v) is 6.50. The molecule has 0 aliphatic heterocycles. The number of nitrogens with one attached hydrogen (secondary N) is 2. The lowest BCUT2D eigenvalue weighted by molar-refractivity contribution is -0.132. The van der Waals surface area contributed by atoms with E-state index in [1.807, 2.05) is 20.8 Å². The van der Waals surface area contributed by atoms with Crippen molar-refractivity contribution in [2.45, 2.75) is 58.5 Å². The molecule has 1 saturated carbocycles. The van der Waals surface area contributed by atoms with E-state index >= 15 is 0 Å². The fraction of sp³-hybridized carbons (Fsp3) is 0.857. The molecule has 0 aromatic heterocycles. The third-order valence-electron chi connectivity index (χ3n) is 3.55. The minimum Gasteiger partial charge on any atom is -0.350 e. The highest BCUT2D eigenvalue weighted by Crippen LogP contribution is 2.30. The molecule has 0 radical (unpaired) electrons. The van der Waals surface area contributed by atoms with Crippen molar-refractivity contribution < 1.29 is 9.59 Å². The maximum Gasteiger partial charge on any atom is 0.242 e. The van der Waals surface area contributed by atoms with Gasteiger partial charge in [-0.2, -0.15) is 0 Å². The van der Waals surface area contributed by atoms with E-state index in [2.05, 4.69) is 10.6 Å². The maximum absolute atomic E-state index is 12.1. The lowest BCUT2D eigenvalue weighted by atomic mass is 9.95. The Balaban J connectivity index is 2.50. The molecule has 1 fully saturated rings. The number of hydrogen-bond donors (Lipinski definition) is 3. The van der Waals surface area contributed by atoms with Gasteiger partial charge in [0.15, 0.2) is 0 Å². The van der Waals surface area contributed by atoms with E-state index in [4.69, 9.17) is 5.73 Å². The number of carbonyl (C=O) groups is 2. The van der Waals surface area contributed by atoms with Crippen LogP contribution in [0.1, 0.15) is 47.0 Å². The third-order valence-corrected chi connectivity index (χ3v) is 3.55. The average molecular weight is 269 g/mol. The Morgan fingerprint density at radius 3 is 2.47 bits per heavy atom. The third kappa shape index (κ3) is 4.82. The van der Waals surface area contributed by atoms with Crippen LogP contribution >= 0.6 is 0 Å². The molecule has 5 nitrogen and oxygen atoms in total. The molecule has 0 spiro atoms. The van der Waals surface area contributed by atoms with E-state index in [1.54, 1.807) is 6.92 Å². The van der Waals surface area contributed by atoms with E-state index in [0.29, 0.717) is 6.54 Å². The van der Waals surface area contributed by atoms with Gasteiger partial charge in [0.2, 0.25) is 11.8 Å². The molecule has 0 bridgehead atoms. The largest absolute Gasteiger partial charge is 0.350 e.